The Morgan fingerprint density at radius 3 is 2.72 bits per heavy atom. The molecule has 8 heteroatoms. The first-order valence-corrected chi connectivity index (χ1v) is 9.56. The van der Waals surface area contributed by atoms with Crippen LogP contribution in [-0.2, 0) is 21.3 Å². The van der Waals surface area contributed by atoms with Crippen LogP contribution in [0.5, 0.6) is 0 Å². The lowest BCUT2D eigenvalue weighted by Crippen LogP contribution is -2.36. The predicted molar refractivity (Wildman–Crippen MR) is 94.3 cm³/mol. The Kier molecular flexibility index (Phi) is 4.14. The summed E-state index contributed by atoms with van der Waals surface area (Å²) in [5.41, 5.74) is 1.54. The van der Waals surface area contributed by atoms with Crippen LogP contribution in [-0.4, -0.2) is 45.5 Å². The second-order valence-corrected chi connectivity index (χ2v) is 7.54. The van der Waals surface area contributed by atoms with Gasteiger partial charge in [-0.25, -0.2) is 13.4 Å². The zero-order valence-corrected chi connectivity index (χ0v) is 14.4. The summed E-state index contributed by atoms with van der Waals surface area (Å²) < 4.78 is 32.0. The summed E-state index contributed by atoms with van der Waals surface area (Å²) in [6, 6.07) is 10.8. The normalized spacial score (nSPS) is 20.3. The van der Waals surface area contributed by atoms with Crippen LogP contribution in [0.4, 0.5) is 5.82 Å². The number of aromatic nitrogens is 1. The number of hydrogen-bond acceptors (Lipinski definition) is 6. The summed E-state index contributed by atoms with van der Waals surface area (Å²) in [5, 5.41) is 0. The van der Waals surface area contributed by atoms with Gasteiger partial charge < -0.3 is 9.64 Å². The molecule has 0 radical (unpaired) electrons. The number of nitrogens with zero attached hydrogens (tertiary/aromatic N) is 3. The van der Waals surface area contributed by atoms with E-state index in [1.807, 2.05) is 12.1 Å². The standard InChI is InChI=1S/C17H18N4O3S/c22-25(23)15-4-2-1-3-14(15)17(20-25)19-12-13-5-6-16(18-11-13)21-7-9-24-10-8-21/h1-6,11H,7-10,12H2,(H,19,20). The number of nitrogens with one attached hydrogen (secondary N) is 1. The van der Waals surface area contributed by atoms with Crippen LogP contribution in [0, 0.1) is 0 Å². The number of aliphatic imine (C=N–C) groups is 1. The van der Waals surface area contributed by atoms with E-state index in [1.165, 1.54) is 0 Å². The van der Waals surface area contributed by atoms with Crippen molar-refractivity contribution < 1.29 is 13.2 Å². The average Bonchev–Trinajstić information content (AvgIpc) is 2.92. The van der Waals surface area contributed by atoms with Gasteiger partial charge in [-0.1, -0.05) is 18.2 Å². The molecular weight excluding hydrogens is 340 g/mol. The molecule has 1 aromatic carbocycles. The van der Waals surface area contributed by atoms with E-state index in [0.29, 0.717) is 17.9 Å². The molecule has 1 fully saturated rings. The highest BCUT2D eigenvalue weighted by Crippen LogP contribution is 2.22. The fourth-order valence-electron chi connectivity index (χ4n) is 2.91. The van der Waals surface area contributed by atoms with Gasteiger partial charge in [-0.2, -0.15) is 0 Å². The number of pyridine rings is 1. The second-order valence-electron chi connectivity index (χ2n) is 5.89. The van der Waals surface area contributed by atoms with Crippen molar-refractivity contribution in [2.24, 2.45) is 4.99 Å². The van der Waals surface area contributed by atoms with E-state index in [2.05, 4.69) is 19.6 Å². The van der Waals surface area contributed by atoms with E-state index < -0.39 is 10.0 Å². The van der Waals surface area contributed by atoms with Gasteiger partial charge >= 0.3 is 0 Å². The summed E-state index contributed by atoms with van der Waals surface area (Å²) in [6.45, 7) is 3.48. The summed E-state index contributed by atoms with van der Waals surface area (Å²) in [4.78, 5) is 11.4. The topological polar surface area (TPSA) is 83.9 Å². The number of hydrogen-bond donors (Lipinski definition) is 1. The molecule has 0 aliphatic carbocycles. The van der Waals surface area contributed by atoms with Crippen molar-refractivity contribution in [2.45, 2.75) is 11.4 Å². The van der Waals surface area contributed by atoms with Crippen LogP contribution >= 0.6 is 0 Å². The SMILES string of the molecule is O=S1(=O)NC(=NCc2ccc(N3CCOCC3)nc2)c2ccccc21. The number of morpholine rings is 1. The minimum absolute atomic E-state index is 0.273. The van der Waals surface area contributed by atoms with Gasteiger partial charge in [0.05, 0.1) is 24.7 Å². The van der Waals surface area contributed by atoms with Gasteiger partial charge in [-0.3, -0.25) is 9.71 Å². The molecule has 7 nitrogen and oxygen atoms in total. The molecule has 25 heavy (non-hydrogen) atoms. The third-order valence-electron chi connectivity index (χ3n) is 4.23. The fraction of sp³-hybridized carbons (Fsp3) is 0.294. The van der Waals surface area contributed by atoms with Gasteiger partial charge in [0.25, 0.3) is 10.0 Å². The summed E-state index contributed by atoms with van der Waals surface area (Å²) in [5.74, 6) is 1.31. The molecule has 1 aromatic heterocycles. The minimum Gasteiger partial charge on any atom is -0.378 e. The third kappa shape index (κ3) is 3.22. The Bertz CT molecular complexity index is 904. The molecule has 3 heterocycles. The van der Waals surface area contributed by atoms with E-state index in [0.717, 1.165) is 37.7 Å². The number of anilines is 1. The minimum atomic E-state index is -3.50. The maximum atomic E-state index is 12.1. The van der Waals surface area contributed by atoms with Crippen molar-refractivity contribution in [3.63, 3.8) is 0 Å². The Morgan fingerprint density at radius 1 is 1.16 bits per heavy atom. The van der Waals surface area contributed by atoms with Crippen LogP contribution in [0.25, 0.3) is 0 Å². The van der Waals surface area contributed by atoms with Gasteiger partial charge in [0.1, 0.15) is 11.7 Å². The van der Waals surface area contributed by atoms with E-state index in [-0.39, 0.29) is 4.90 Å². The summed E-state index contributed by atoms with van der Waals surface area (Å²) >= 11 is 0. The van der Waals surface area contributed by atoms with E-state index in [1.54, 1.807) is 30.5 Å². The second kappa shape index (κ2) is 6.45. The van der Waals surface area contributed by atoms with Gasteiger partial charge in [-0.15, -0.1) is 0 Å². The van der Waals surface area contributed by atoms with Gasteiger partial charge in [0, 0.05) is 24.8 Å². The van der Waals surface area contributed by atoms with Gasteiger partial charge in [0.15, 0.2) is 0 Å². The number of benzene rings is 1. The maximum absolute atomic E-state index is 12.1. The molecule has 1 saturated heterocycles. The van der Waals surface area contributed by atoms with Crippen LogP contribution < -0.4 is 9.62 Å². The lowest BCUT2D eigenvalue weighted by Gasteiger charge is -2.27. The van der Waals surface area contributed by atoms with Crippen molar-refractivity contribution in [2.75, 3.05) is 31.2 Å². The van der Waals surface area contributed by atoms with Crippen LogP contribution in [0.2, 0.25) is 0 Å². The number of ether oxygens (including phenoxy) is 1. The Balaban J connectivity index is 1.51. The van der Waals surface area contributed by atoms with Crippen molar-refractivity contribution in [3.05, 3.63) is 53.7 Å². The molecule has 0 atom stereocenters. The summed E-state index contributed by atoms with van der Waals surface area (Å²) in [6.07, 6.45) is 1.78. The lowest BCUT2D eigenvalue weighted by atomic mass is 10.2. The molecule has 2 aromatic rings. The molecule has 2 aliphatic rings. The number of sulfonamides is 1. The first-order chi connectivity index (χ1) is 12.1. The van der Waals surface area contributed by atoms with Crippen LogP contribution in [0.1, 0.15) is 11.1 Å². The molecule has 4 rings (SSSR count). The quantitative estimate of drug-likeness (QED) is 0.890. The molecule has 0 amide bonds. The van der Waals surface area contributed by atoms with Crippen molar-refractivity contribution in [1.82, 2.24) is 9.71 Å². The van der Waals surface area contributed by atoms with E-state index in [9.17, 15) is 8.42 Å². The van der Waals surface area contributed by atoms with Crippen molar-refractivity contribution in [1.29, 1.82) is 0 Å². The molecule has 0 bridgehead atoms. The Morgan fingerprint density at radius 2 is 1.96 bits per heavy atom. The Hall–Kier alpha value is -2.45. The highest BCUT2D eigenvalue weighted by Gasteiger charge is 2.29. The third-order valence-corrected chi connectivity index (χ3v) is 5.62. The van der Waals surface area contributed by atoms with Crippen LogP contribution in [0.15, 0.2) is 52.5 Å². The van der Waals surface area contributed by atoms with Gasteiger partial charge in [-0.05, 0) is 23.8 Å². The zero-order chi connectivity index (χ0) is 17.3. The first kappa shape index (κ1) is 16.0. The van der Waals surface area contributed by atoms with Crippen LogP contribution in [0.3, 0.4) is 0 Å². The molecule has 130 valence electrons. The molecule has 0 spiro atoms. The largest absolute Gasteiger partial charge is 0.378 e. The first-order valence-electron chi connectivity index (χ1n) is 8.08. The zero-order valence-electron chi connectivity index (χ0n) is 13.6. The van der Waals surface area contributed by atoms with E-state index >= 15 is 0 Å². The lowest BCUT2D eigenvalue weighted by molar-refractivity contribution is 0.122. The van der Waals surface area contributed by atoms with E-state index in [4.69, 9.17) is 4.74 Å². The predicted octanol–water partition coefficient (Wildman–Crippen LogP) is 1.16. The highest BCUT2D eigenvalue weighted by atomic mass is 32.2. The molecular formula is C17H18N4O3S. The molecule has 0 saturated carbocycles. The average molecular weight is 358 g/mol. The summed E-state index contributed by atoms with van der Waals surface area (Å²) in [7, 11) is -3.50. The molecule has 0 unspecified atom stereocenters. The highest BCUT2D eigenvalue weighted by molar-refractivity contribution is 7.90. The van der Waals surface area contributed by atoms with Crippen molar-refractivity contribution >= 4 is 21.7 Å². The smallest absolute Gasteiger partial charge is 0.263 e. The monoisotopic (exact) mass is 358 g/mol. The number of rotatable bonds is 3. The number of amidine groups is 1. The Labute approximate surface area is 146 Å². The van der Waals surface area contributed by atoms with Gasteiger partial charge in [0.2, 0.25) is 0 Å². The maximum Gasteiger partial charge on any atom is 0.263 e. The fourth-order valence-corrected chi connectivity index (χ4v) is 4.16. The number of fused-ring (bicyclic) bond motifs is 1. The molecule has 1 N–H and O–H groups in total. The van der Waals surface area contributed by atoms with Crippen molar-refractivity contribution in [3.8, 4) is 0 Å². The molecule has 2 aliphatic heterocycles.